The van der Waals surface area contributed by atoms with Crippen molar-refractivity contribution in [1.82, 2.24) is 25.5 Å². The van der Waals surface area contributed by atoms with E-state index in [0.29, 0.717) is 12.4 Å². The molecule has 0 unspecified atom stereocenters. The highest BCUT2D eigenvalue weighted by molar-refractivity contribution is 5.85. The van der Waals surface area contributed by atoms with E-state index in [-0.39, 0.29) is 18.4 Å². The first kappa shape index (κ1) is 21.2. The molecular formula is C22H26N6O2. The van der Waals surface area contributed by atoms with Crippen LogP contribution in [-0.2, 0) is 16.1 Å². The standard InChI is InChI=1S/C22H26N6O2/c1-3-16(4-2)22(30)28(14-20(23)29)13-15-9-11-17(12-10-15)18-7-5-6-8-19(18)21-24-26-27-25-21/h5-12,16H,3-4,13-14H2,1-2H3,(H2,23,29)(H,24,25,26,27). The summed E-state index contributed by atoms with van der Waals surface area (Å²) in [5, 5.41) is 14.1. The zero-order valence-electron chi connectivity index (χ0n) is 17.2. The Labute approximate surface area is 175 Å². The fourth-order valence-electron chi connectivity index (χ4n) is 3.52. The highest BCUT2D eigenvalue weighted by atomic mass is 16.2. The monoisotopic (exact) mass is 406 g/mol. The molecule has 0 radical (unpaired) electrons. The number of tetrazole rings is 1. The van der Waals surface area contributed by atoms with Crippen LogP contribution in [0.25, 0.3) is 22.5 Å². The van der Waals surface area contributed by atoms with Crippen molar-refractivity contribution in [3.05, 3.63) is 54.1 Å². The average Bonchev–Trinajstić information content (AvgIpc) is 3.29. The topological polar surface area (TPSA) is 118 Å². The minimum absolute atomic E-state index is 0.0361. The van der Waals surface area contributed by atoms with Crippen molar-refractivity contribution in [1.29, 1.82) is 0 Å². The lowest BCUT2D eigenvalue weighted by molar-refractivity contribution is -0.139. The van der Waals surface area contributed by atoms with Crippen LogP contribution < -0.4 is 5.73 Å². The SMILES string of the molecule is CCC(CC)C(=O)N(CC(N)=O)Cc1ccc(-c2ccccc2-c2nnn[nH]2)cc1. The number of nitrogens with one attached hydrogen (secondary N) is 1. The number of hydrogen-bond donors (Lipinski definition) is 2. The molecule has 0 aliphatic heterocycles. The second kappa shape index (κ2) is 9.78. The number of rotatable bonds is 9. The molecule has 0 atom stereocenters. The summed E-state index contributed by atoms with van der Waals surface area (Å²) < 4.78 is 0. The van der Waals surface area contributed by atoms with Gasteiger partial charge in [-0.2, -0.15) is 0 Å². The van der Waals surface area contributed by atoms with Crippen LogP contribution in [0.4, 0.5) is 0 Å². The van der Waals surface area contributed by atoms with Gasteiger partial charge in [-0.15, -0.1) is 5.10 Å². The second-order valence-corrected chi connectivity index (χ2v) is 7.17. The Kier molecular flexibility index (Phi) is 6.90. The Morgan fingerprint density at radius 3 is 2.27 bits per heavy atom. The first-order chi connectivity index (χ1) is 14.5. The number of aromatic amines is 1. The van der Waals surface area contributed by atoms with Gasteiger partial charge in [0.1, 0.15) is 0 Å². The van der Waals surface area contributed by atoms with E-state index in [1.807, 2.05) is 62.4 Å². The second-order valence-electron chi connectivity index (χ2n) is 7.17. The molecule has 1 aromatic heterocycles. The number of H-pyrrole nitrogens is 1. The molecule has 3 N–H and O–H groups in total. The number of carbonyl (C=O) groups excluding carboxylic acids is 2. The van der Waals surface area contributed by atoms with Crippen molar-refractivity contribution in [2.24, 2.45) is 11.7 Å². The summed E-state index contributed by atoms with van der Waals surface area (Å²) in [6.07, 6.45) is 1.47. The van der Waals surface area contributed by atoms with E-state index in [1.165, 1.54) is 0 Å². The van der Waals surface area contributed by atoms with E-state index in [1.54, 1.807) is 4.90 Å². The zero-order chi connectivity index (χ0) is 21.5. The van der Waals surface area contributed by atoms with E-state index >= 15 is 0 Å². The molecule has 0 aliphatic rings. The summed E-state index contributed by atoms with van der Waals surface area (Å²) in [6.45, 7) is 4.21. The van der Waals surface area contributed by atoms with Gasteiger partial charge in [-0.05, 0) is 40.0 Å². The Morgan fingerprint density at radius 2 is 1.70 bits per heavy atom. The smallest absolute Gasteiger partial charge is 0.237 e. The number of aromatic nitrogens is 4. The molecular weight excluding hydrogens is 380 g/mol. The third-order valence-electron chi connectivity index (χ3n) is 5.16. The Hall–Kier alpha value is -3.55. The summed E-state index contributed by atoms with van der Waals surface area (Å²) in [5.41, 5.74) is 9.19. The van der Waals surface area contributed by atoms with Crippen LogP contribution >= 0.6 is 0 Å². The molecule has 156 valence electrons. The Balaban J connectivity index is 1.83. The van der Waals surface area contributed by atoms with Gasteiger partial charge in [0.25, 0.3) is 0 Å². The van der Waals surface area contributed by atoms with Gasteiger partial charge in [0.2, 0.25) is 11.8 Å². The molecule has 30 heavy (non-hydrogen) atoms. The van der Waals surface area contributed by atoms with E-state index in [0.717, 1.165) is 35.1 Å². The number of carbonyl (C=O) groups is 2. The first-order valence-corrected chi connectivity index (χ1v) is 10.0. The molecule has 0 spiro atoms. The fourth-order valence-corrected chi connectivity index (χ4v) is 3.52. The molecule has 1 heterocycles. The van der Waals surface area contributed by atoms with Gasteiger partial charge in [-0.1, -0.05) is 62.4 Å². The summed E-state index contributed by atoms with van der Waals surface area (Å²) in [7, 11) is 0. The van der Waals surface area contributed by atoms with Gasteiger partial charge in [-0.25, -0.2) is 5.10 Å². The van der Waals surface area contributed by atoms with Crippen molar-refractivity contribution in [3.63, 3.8) is 0 Å². The largest absolute Gasteiger partial charge is 0.368 e. The summed E-state index contributed by atoms with van der Waals surface area (Å²) in [4.78, 5) is 25.9. The highest BCUT2D eigenvalue weighted by Gasteiger charge is 2.23. The van der Waals surface area contributed by atoms with Crippen LogP contribution in [0.3, 0.4) is 0 Å². The molecule has 0 saturated heterocycles. The van der Waals surface area contributed by atoms with Crippen molar-refractivity contribution in [2.75, 3.05) is 6.54 Å². The number of nitrogens with two attached hydrogens (primary N) is 1. The molecule has 2 aromatic carbocycles. The van der Waals surface area contributed by atoms with Crippen LogP contribution in [0, 0.1) is 5.92 Å². The van der Waals surface area contributed by atoms with Gasteiger partial charge in [0.15, 0.2) is 5.82 Å². The summed E-state index contributed by atoms with van der Waals surface area (Å²) in [6, 6.07) is 15.7. The lowest BCUT2D eigenvalue weighted by Crippen LogP contribution is -2.41. The fraction of sp³-hybridized carbons (Fsp3) is 0.318. The summed E-state index contributed by atoms with van der Waals surface area (Å²) in [5.74, 6) is -0.0596. The molecule has 3 rings (SSSR count). The van der Waals surface area contributed by atoms with E-state index in [4.69, 9.17) is 5.73 Å². The van der Waals surface area contributed by atoms with Crippen molar-refractivity contribution in [3.8, 4) is 22.5 Å². The lowest BCUT2D eigenvalue weighted by atomic mass is 9.98. The molecule has 0 bridgehead atoms. The van der Waals surface area contributed by atoms with Crippen LogP contribution in [0.2, 0.25) is 0 Å². The van der Waals surface area contributed by atoms with Gasteiger partial charge >= 0.3 is 0 Å². The predicted molar refractivity (Wildman–Crippen MR) is 114 cm³/mol. The van der Waals surface area contributed by atoms with Gasteiger partial charge < -0.3 is 10.6 Å². The molecule has 8 nitrogen and oxygen atoms in total. The molecule has 0 aliphatic carbocycles. The minimum Gasteiger partial charge on any atom is -0.368 e. The Morgan fingerprint density at radius 1 is 1.03 bits per heavy atom. The maximum absolute atomic E-state index is 12.8. The van der Waals surface area contributed by atoms with E-state index in [2.05, 4.69) is 20.6 Å². The lowest BCUT2D eigenvalue weighted by Gasteiger charge is -2.25. The van der Waals surface area contributed by atoms with Gasteiger partial charge in [-0.3, -0.25) is 9.59 Å². The van der Waals surface area contributed by atoms with E-state index < -0.39 is 5.91 Å². The van der Waals surface area contributed by atoms with Crippen molar-refractivity contribution in [2.45, 2.75) is 33.2 Å². The van der Waals surface area contributed by atoms with Crippen LogP contribution in [0.5, 0.6) is 0 Å². The van der Waals surface area contributed by atoms with Gasteiger partial charge in [0, 0.05) is 18.0 Å². The number of hydrogen-bond acceptors (Lipinski definition) is 5. The summed E-state index contributed by atoms with van der Waals surface area (Å²) >= 11 is 0. The predicted octanol–water partition coefficient (Wildman–Crippen LogP) is 2.78. The molecule has 2 amide bonds. The number of amides is 2. The third kappa shape index (κ3) is 4.89. The molecule has 0 saturated carbocycles. The maximum atomic E-state index is 12.8. The molecule has 0 fully saturated rings. The zero-order valence-corrected chi connectivity index (χ0v) is 17.2. The van der Waals surface area contributed by atoms with E-state index in [9.17, 15) is 9.59 Å². The number of primary amides is 1. The van der Waals surface area contributed by atoms with Crippen LogP contribution in [-0.4, -0.2) is 43.9 Å². The van der Waals surface area contributed by atoms with Crippen molar-refractivity contribution >= 4 is 11.8 Å². The molecule has 8 heteroatoms. The molecule has 3 aromatic rings. The van der Waals surface area contributed by atoms with Crippen molar-refractivity contribution < 1.29 is 9.59 Å². The van der Waals surface area contributed by atoms with Crippen LogP contribution in [0.1, 0.15) is 32.3 Å². The maximum Gasteiger partial charge on any atom is 0.237 e. The minimum atomic E-state index is -0.513. The quantitative estimate of drug-likeness (QED) is 0.566. The first-order valence-electron chi connectivity index (χ1n) is 10.0. The highest BCUT2D eigenvalue weighted by Crippen LogP contribution is 2.30. The number of benzene rings is 2. The van der Waals surface area contributed by atoms with Crippen LogP contribution in [0.15, 0.2) is 48.5 Å². The number of nitrogens with zero attached hydrogens (tertiary/aromatic N) is 4. The third-order valence-corrected chi connectivity index (χ3v) is 5.16. The Bertz CT molecular complexity index is 981. The van der Waals surface area contributed by atoms with Gasteiger partial charge in [0.05, 0.1) is 6.54 Å². The normalized spacial score (nSPS) is 10.9. The average molecular weight is 406 g/mol.